The molecule has 1 aromatic carbocycles. The lowest BCUT2D eigenvalue weighted by Crippen LogP contribution is -2.20. The largest absolute Gasteiger partial charge is 0.298 e. The van der Waals surface area contributed by atoms with E-state index in [1.165, 1.54) is 18.2 Å². The number of ketones is 1. The SMILES string of the molecule is N#CC(C(=O)CC1CCC1)c1c(F)cccc1Cl. The van der Waals surface area contributed by atoms with Gasteiger partial charge in [0.05, 0.1) is 6.07 Å². The van der Waals surface area contributed by atoms with Gasteiger partial charge in [0.1, 0.15) is 11.7 Å². The quantitative estimate of drug-likeness (QED) is 0.830. The summed E-state index contributed by atoms with van der Waals surface area (Å²) in [6, 6.07) is 6.07. The molecular weight excluding hydrogens is 253 g/mol. The van der Waals surface area contributed by atoms with E-state index >= 15 is 0 Å². The van der Waals surface area contributed by atoms with Gasteiger partial charge in [-0.2, -0.15) is 5.26 Å². The van der Waals surface area contributed by atoms with Gasteiger partial charge in [0, 0.05) is 17.0 Å². The number of nitriles is 1. The molecule has 1 fully saturated rings. The van der Waals surface area contributed by atoms with Crippen molar-refractivity contribution >= 4 is 17.4 Å². The number of rotatable bonds is 4. The van der Waals surface area contributed by atoms with Crippen molar-refractivity contribution < 1.29 is 9.18 Å². The number of hydrogen-bond acceptors (Lipinski definition) is 2. The van der Waals surface area contributed by atoms with Crippen molar-refractivity contribution in [3.05, 3.63) is 34.6 Å². The van der Waals surface area contributed by atoms with Crippen LogP contribution in [0.2, 0.25) is 5.02 Å². The van der Waals surface area contributed by atoms with Crippen LogP contribution in [0, 0.1) is 23.1 Å². The Morgan fingerprint density at radius 2 is 2.28 bits per heavy atom. The van der Waals surface area contributed by atoms with Crippen molar-refractivity contribution in [1.82, 2.24) is 0 Å². The van der Waals surface area contributed by atoms with Gasteiger partial charge in [-0.15, -0.1) is 0 Å². The van der Waals surface area contributed by atoms with Crippen LogP contribution in [-0.4, -0.2) is 5.78 Å². The summed E-state index contributed by atoms with van der Waals surface area (Å²) in [5, 5.41) is 9.25. The first kappa shape index (κ1) is 13.0. The standard InChI is InChI=1S/C14H13ClFNO/c15-11-5-2-6-12(16)14(11)10(8-17)13(18)7-9-3-1-4-9/h2,5-6,9-10H,1,3-4,7H2. The Morgan fingerprint density at radius 3 is 2.78 bits per heavy atom. The molecule has 1 aromatic rings. The number of hydrogen-bond donors (Lipinski definition) is 0. The fourth-order valence-electron chi connectivity index (χ4n) is 2.18. The third kappa shape index (κ3) is 2.54. The van der Waals surface area contributed by atoms with E-state index in [-0.39, 0.29) is 16.4 Å². The van der Waals surface area contributed by atoms with Crippen LogP contribution < -0.4 is 0 Å². The summed E-state index contributed by atoms with van der Waals surface area (Å²) in [5.74, 6) is -1.54. The van der Waals surface area contributed by atoms with Gasteiger partial charge >= 0.3 is 0 Å². The van der Waals surface area contributed by atoms with Gasteiger partial charge in [-0.3, -0.25) is 4.79 Å². The molecule has 0 N–H and O–H groups in total. The molecule has 1 unspecified atom stereocenters. The molecular formula is C14H13ClFNO. The van der Waals surface area contributed by atoms with Crippen molar-refractivity contribution in [2.45, 2.75) is 31.6 Å². The average Bonchev–Trinajstić information content (AvgIpc) is 2.28. The summed E-state index contributed by atoms with van der Waals surface area (Å²) < 4.78 is 13.7. The Bertz CT molecular complexity index is 485. The average molecular weight is 266 g/mol. The zero-order chi connectivity index (χ0) is 13.1. The number of carbonyl (C=O) groups excluding carboxylic acids is 1. The molecule has 1 aliphatic rings. The molecule has 2 rings (SSSR count). The second-order valence-electron chi connectivity index (χ2n) is 4.66. The zero-order valence-electron chi connectivity index (χ0n) is 9.83. The topological polar surface area (TPSA) is 40.9 Å². The second-order valence-corrected chi connectivity index (χ2v) is 5.07. The first-order valence-electron chi connectivity index (χ1n) is 5.99. The third-order valence-corrected chi connectivity index (χ3v) is 3.78. The van der Waals surface area contributed by atoms with E-state index in [1.807, 2.05) is 6.07 Å². The van der Waals surface area contributed by atoms with Crippen molar-refractivity contribution in [3.8, 4) is 6.07 Å². The van der Waals surface area contributed by atoms with Gasteiger partial charge in [-0.1, -0.05) is 36.9 Å². The highest BCUT2D eigenvalue weighted by Gasteiger charge is 2.29. The Kier molecular flexibility index (Phi) is 3.98. The summed E-state index contributed by atoms with van der Waals surface area (Å²) in [7, 11) is 0. The van der Waals surface area contributed by atoms with E-state index in [4.69, 9.17) is 16.9 Å². The maximum atomic E-state index is 13.7. The van der Waals surface area contributed by atoms with Crippen LogP contribution >= 0.6 is 11.6 Å². The normalized spacial score (nSPS) is 16.7. The first-order chi connectivity index (χ1) is 8.63. The van der Waals surface area contributed by atoms with Crippen LogP contribution in [0.4, 0.5) is 4.39 Å². The van der Waals surface area contributed by atoms with E-state index < -0.39 is 11.7 Å². The van der Waals surface area contributed by atoms with E-state index in [0.717, 1.165) is 19.3 Å². The molecule has 1 saturated carbocycles. The maximum absolute atomic E-state index is 13.7. The van der Waals surface area contributed by atoms with Gasteiger partial charge in [-0.25, -0.2) is 4.39 Å². The number of nitrogens with zero attached hydrogens (tertiary/aromatic N) is 1. The van der Waals surface area contributed by atoms with Crippen LogP contribution in [0.5, 0.6) is 0 Å². The number of Topliss-reactive ketones (excluding diaryl/α,β-unsaturated/α-hetero) is 1. The van der Waals surface area contributed by atoms with Gasteiger partial charge in [0.15, 0.2) is 5.78 Å². The molecule has 4 heteroatoms. The Balaban J connectivity index is 2.22. The minimum absolute atomic E-state index is 0.0194. The monoisotopic (exact) mass is 265 g/mol. The molecule has 0 bridgehead atoms. The minimum Gasteiger partial charge on any atom is -0.298 e. The second kappa shape index (κ2) is 5.49. The first-order valence-corrected chi connectivity index (χ1v) is 6.37. The van der Waals surface area contributed by atoms with E-state index in [9.17, 15) is 9.18 Å². The molecule has 1 atom stereocenters. The summed E-state index contributed by atoms with van der Waals surface area (Å²) in [5.41, 5.74) is 0.0194. The molecule has 0 saturated heterocycles. The Labute approximate surface area is 110 Å². The van der Waals surface area contributed by atoms with Gasteiger partial charge in [0.2, 0.25) is 0 Å². The highest BCUT2D eigenvalue weighted by molar-refractivity contribution is 6.31. The summed E-state index contributed by atoms with van der Waals surface area (Å²) in [6.45, 7) is 0. The van der Waals surface area contributed by atoms with Crippen molar-refractivity contribution in [1.29, 1.82) is 5.26 Å². The molecule has 0 amide bonds. The zero-order valence-corrected chi connectivity index (χ0v) is 10.6. The van der Waals surface area contributed by atoms with Gasteiger partial charge in [0.25, 0.3) is 0 Å². The molecule has 0 aromatic heterocycles. The van der Waals surface area contributed by atoms with Crippen molar-refractivity contribution in [2.24, 2.45) is 5.92 Å². The maximum Gasteiger partial charge on any atom is 0.154 e. The fraction of sp³-hybridized carbons (Fsp3) is 0.429. The molecule has 2 nitrogen and oxygen atoms in total. The highest BCUT2D eigenvalue weighted by Crippen LogP contribution is 2.34. The summed E-state index contributed by atoms with van der Waals surface area (Å²) >= 11 is 5.89. The lowest BCUT2D eigenvalue weighted by molar-refractivity contribution is -0.120. The smallest absolute Gasteiger partial charge is 0.154 e. The van der Waals surface area contributed by atoms with Crippen molar-refractivity contribution in [3.63, 3.8) is 0 Å². The van der Waals surface area contributed by atoms with Crippen LogP contribution in [0.25, 0.3) is 0 Å². The molecule has 0 aliphatic heterocycles. The molecule has 18 heavy (non-hydrogen) atoms. The number of halogens is 2. The van der Waals surface area contributed by atoms with E-state index in [2.05, 4.69) is 0 Å². The number of carbonyl (C=O) groups is 1. The summed E-state index contributed by atoms with van der Waals surface area (Å²) in [6.07, 6.45) is 3.53. The van der Waals surface area contributed by atoms with E-state index in [1.54, 1.807) is 0 Å². The highest BCUT2D eigenvalue weighted by atomic mass is 35.5. The molecule has 0 spiro atoms. The Morgan fingerprint density at radius 1 is 1.56 bits per heavy atom. The predicted molar refractivity (Wildman–Crippen MR) is 66.7 cm³/mol. The lowest BCUT2D eigenvalue weighted by Gasteiger charge is -2.25. The fourth-order valence-corrected chi connectivity index (χ4v) is 2.46. The molecule has 94 valence electrons. The van der Waals surface area contributed by atoms with Crippen LogP contribution in [0.1, 0.15) is 37.2 Å². The molecule has 0 radical (unpaired) electrons. The van der Waals surface area contributed by atoms with Crippen LogP contribution in [0.3, 0.4) is 0 Å². The minimum atomic E-state index is -1.08. The van der Waals surface area contributed by atoms with Gasteiger partial charge in [-0.05, 0) is 18.1 Å². The Hall–Kier alpha value is -1.40. The summed E-state index contributed by atoms with van der Waals surface area (Å²) in [4.78, 5) is 12.0. The van der Waals surface area contributed by atoms with Crippen LogP contribution in [0.15, 0.2) is 18.2 Å². The van der Waals surface area contributed by atoms with E-state index in [0.29, 0.717) is 12.3 Å². The predicted octanol–water partition coefficient (Wildman–Crippen LogP) is 3.85. The number of benzene rings is 1. The third-order valence-electron chi connectivity index (χ3n) is 3.45. The van der Waals surface area contributed by atoms with Crippen LogP contribution in [-0.2, 0) is 4.79 Å². The lowest BCUT2D eigenvalue weighted by atomic mass is 9.79. The van der Waals surface area contributed by atoms with Crippen molar-refractivity contribution in [2.75, 3.05) is 0 Å². The molecule has 1 aliphatic carbocycles. The molecule has 0 heterocycles. The van der Waals surface area contributed by atoms with Gasteiger partial charge < -0.3 is 0 Å².